The number of nitrogens with zero attached hydrogens (tertiary/aromatic N) is 4. The van der Waals surface area contributed by atoms with E-state index in [9.17, 15) is 0 Å². The summed E-state index contributed by atoms with van der Waals surface area (Å²) < 4.78 is 4.66. The number of hydrogen-bond acceptors (Lipinski definition) is 1. The van der Waals surface area contributed by atoms with E-state index in [-0.39, 0.29) is 0 Å². The van der Waals surface area contributed by atoms with Crippen molar-refractivity contribution in [2.75, 3.05) is 0 Å². The van der Waals surface area contributed by atoms with Gasteiger partial charge in [0.05, 0.1) is 27.8 Å². The Morgan fingerprint density at radius 3 is 1.62 bits per heavy atom. The molecule has 0 aliphatic heterocycles. The van der Waals surface area contributed by atoms with Crippen molar-refractivity contribution < 1.29 is 0 Å². The molecule has 0 N–H and O–H groups in total. The van der Waals surface area contributed by atoms with Crippen LogP contribution in [0.1, 0.15) is 23.6 Å². The maximum atomic E-state index is 5.46. The van der Waals surface area contributed by atoms with Crippen LogP contribution in [0.25, 0.3) is 82.9 Å². The quantitative estimate of drug-likeness (QED) is 0.108. The number of fused-ring (bicyclic) bond motifs is 6. The van der Waals surface area contributed by atoms with Gasteiger partial charge in [0.1, 0.15) is 0 Å². The van der Waals surface area contributed by atoms with Crippen LogP contribution in [-0.2, 0) is 0 Å². The van der Waals surface area contributed by atoms with Gasteiger partial charge in [-0.2, -0.15) is 0 Å². The highest BCUT2D eigenvalue weighted by molar-refractivity contribution is 6.18. The summed E-state index contributed by atoms with van der Waals surface area (Å²) in [5, 5.41) is 4.68. The maximum absolute atomic E-state index is 5.46. The van der Waals surface area contributed by atoms with Crippen LogP contribution in [-0.4, -0.2) is 20.7 Å². The SMILES string of the molecule is C=C(/N=C(\N=C(/C)c1ccccc1-c1cccc(-c2ccccc2)c1)c1ccc2c(c1)c1ccccc1n2-c1ccccc1)c1ccc2c3ccccc3n(-c3ccccc3)c2c1. The molecule has 11 aromatic rings. The molecule has 0 aliphatic carbocycles. The summed E-state index contributed by atoms with van der Waals surface area (Å²) in [5.74, 6) is 0.590. The fourth-order valence-electron chi connectivity index (χ4n) is 9.09. The minimum Gasteiger partial charge on any atom is -0.309 e. The van der Waals surface area contributed by atoms with E-state index in [2.05, 4.69) is 247 Å². The first-order chi connectivity index (χ1) is 31.1. The van der Waals surface area contributed by atoms with Crippen LogP contribution in [0.15, 0.2) is 241 Å². The Morgan fingerprint density at radius 2 is 0.905 bits per heavy atom. The van der Waals surface area contributed by atoms with Crippen molar-refractivity contribution in [3.63, 3.8) is 0 Å². The predicted octanol–water partition coefficient (Wildman–Crippen LogP) is 15.1. The molecule has 2 aromatic heterocycles. The molecule has 4 heteroatoms. The van der Waals surface area contributed by atoms with E-state index in [1.165, 1.54) is 27.3 Å². The molecule has 0 saturated heterocycles. The second-order valence-electron chi connectivity index (χ2n) is 15.9. The average molecular weight is 807 g/mol. The maximum Gasteiger partial charge on any atom is 0.160 e. The van der Waals surface area contributed by atoms with Crippen molar-refractivity contribution in [2.24, 2.45) is 9.98 Å². The highest BCUT2D eigenvalue weighted by atomic mass is 15.0. The molecule has 63 heavy (non-hydrogen) atoms. The predicted molar refractivity (Wildman–Crippen MR) is 267 cm³/mol. The van der Waals surface area contributed by atoms with E-state index in [1.807, 2.05) is 0 Å². The fourth-order valence-corrected chi connectivity index (χ4v) is 9.09. The van der Waals surface area contributed by atoms with Crippen molar-refractivity contribution in [3.05, 3.63) is 248 Å². The molecule has 0 spiro atoms. The highest BCUT2D eigenvalue weighted by Crippen LogP contribution is 2.36. The molecule has 0 atom stereocenters. The van der Waals surface area contributed by atoms with Gasteiger partial charge < -0.3 is 9.13 Å². The Hall–Kier alpha value is -8.34. The smallest absolute Gasteiger partial charge is 0.160 e. The molecule has 2 heterocycles. The number of hydrogen-bond donors (Lipinski definition) is 0. The van der Waals surface area contributed by atoms with Crippen LogP contribution >= 0.6 is 0 Å². The lowest BCUT2D eigenvalue weighted by molar-refractivity contribution is 1.18. The number of aliphatic imine (C=N–C) groups is 2. The van der Waals surface area contributed by atoms with E-state index in [1.54, 1.807) is 0 Å². The molecule has 0 radical (unpaired) electrons. The molecule has 9 aromatic carbocycles. The zero-order valence-corrected chi connectivity index (χ0v) is 34.9. The number of aromatic nitrogens is 2. The summed E-state index contributed by atoms with van der Waals surface area (Å²) >= 11 is 0. The molecule has 0 fully saturated rings. The summed E-state index contributed by atoms with van der Waals surface area (Å²) in [7, 11) is 0. The zero-order valence-electron chi connectivity index (χ0n) is 34.9. The zero-order chi connectivity index (χ0) is 42.3. The first kappa shape index (κ1) is 37.6. The summed E-state index contributed by atoms with van der Waals surface area (Å²) in [6, 6.07) is 79.2. The third kappa shape index (κ3) is 6.84. The Labute approximate surface area is 366 Å². The van der Waals surface area contributed by atoms with Gasteiger partial charge >= 0.3 is 0 Å². The minimum absolute atomic E-state index is 0.590. The third-order valence-corrected chi connectivity index (χ3v) is 12.1. The van der Waals surface area contributed by atoms with Gasteiger partial charge in [-0.1, -0.05) is 164 Å². The normalized spacial score (nSPS) is 12.1. The molecule has 4 nitrogen and oxygen atoms in total. The molecule has 0 aliphatic rings. The molecule has 298 valence electrons. The first-order valence-corrected chi connectivity index (χ1v) is 21.4. The lowest BCUT2D eigenvalue weighted by Gasteiger charge is -2.13. The Balaban J connectivity index is 1.08. The van der Waals surface area contributed by atoms with E-state index in [0.29, 0.717) is 11.5 Å². The Kier molecular flexibility index (Phi) is 9.52. The number of rotatable bonds is 8. The van der Waals surface area contributed by atoms with Crippen molar-refractivity contribution >= 4 is 60.9 Å². The van der Waals surface area contributed by atoms with Crippen molar-refractivity contribution in [3.8, 4) is 33.6 Å². The van der Waals surface area contributed by atoms with E-state index < -0.39 is 0 Å². The van der Waals surface area contributed by atoms with Crippen LogP contribution in [0, 0.1) is 0 Å². The molecular weight excluding hydrogens is 765 g/mol. The molecule has 0 bridgehead atoms. The molecule has 0 unspecified atom stereocenters. The van der Waals surface area contributed by atoms with Crippen LogP contribution in [0.4, 0.5) is 0 Å². The molecule has 0 amide bonds. The van der Waals surface area contributed by atoms with E-state index in [4.69, 9.17) is 9.98 Å². The minimum atomic E-state index is 0.590. The molecule has 11 rings (SSSR count). The summed E-state index contributed by atoms with van der Waals surface area (Å²) in [5.41, 5.74) is 15.7. The topological polar surface area (TPSA) is 34.6 Å². The Morgan fingerprint density at radius 1 is 0.381 bits per heavy atom. The first-order valence-electron chi connectivity index (χ1n) is 21.4. The molecule has 0 saturated carbocycles. The highest BCUT2D eigenvalue weighted by Gasteiger charge is 2.18. The Bertz CT molecular complexity index is 3570. The lowest BCUT2D eigenvalue weighted by Crippen LogP contribution is -2.06. The third-order valence-electron chi connectivity index (χ3n) is 12.1. The number of amidine groups is 1. The summed E-state index contributed by atoms with van der Waals surface area (Å²) in [6.07, 6.45) is 0. The van der Waals surface area contributed by atoms with Crippen molar-refractivity contribution in [1.82, 2.24) is 9.13 Å². The van der Waals surface area contributed by atoms with Gasteiger partial charge in [0.25, 0.3) is 0 Å². The molecular formula is C59H42N4. The van der Waals surface area contributed by atoms with Gasteiger partial charge in [-0.3, -0.25) is 0 Å². The van der Waals surface area contributed by atoms with Gasteiger partial charge in [-0.05, 0) is 95.9 Å². The van der Waals surface area contributed by atoms with Gasteiger partial charge in [-0.15, -0.1) is 0 Å². The average Bonchev–Trinajstić information content (AvgIpc) is 3.87. The number of benzene rings is 9. The van der Waals surface area contributed by atoms with E-state index in [0.717, 1.165) is 72.4 Å². The van der Waals surface area contributed by atoms with Crippen LogP contribution in [0.2, 0.25) is 0 Å². The number of para-hydroxylation sites is 4. The van der Waals surface area contributed by atoms with Gasteiger partial charge in [0.15, 0.2) is 5.84 Å². The largest absolute Gasteiger partial charge is 0.309 e. The standard InChI is InChI=1S/C59H42N4/c1-40(43-33-35-53-51-29-14-16-31-55(51)63(58(53)39-43)48-25-10-5-11-26-48)60-59(46-34-36-57-54(38-46)52-30-15-17-32-56(52)62(57)47-23-8-4-9-24-47)61-41(2)49-27-12-13-28-50(49)45-22-18-21-44(37-45)42-19-6-3-7-20-42/h3-39H,1H2,2H3/b60-59-,61-41+. The second kappa shape index (κ2) is 15.9. The monoisotopic (exact) mass is 806 g/mol. The van der Waals surface area contributed by atoms with E-state index >= 15 is 0 Å². The summed E-state index contributed by atoms with van der Waals surface area (Å²) in [6.45, 7) is 6.71. The van der Waals surface area contributed by atoms with Crippen LogP contribution < -0.4 is 0 Å². The van der Waals surface area contributed by atoms with Gasteiger partial charge in [0, 0.05) is 55.3 Å². The summed E-state index contributed by atoms with van der Waals surface area (Å²) in [4.78, 5) is 10.8. The van der Waals surface area contributed by atoms with Crippen LogP contribution in [0.3, 0.4) is 0 Å². The lowest BCUT2D eigenvalue weighted by atomic mass is 9.94. The van der Waals surface area contributed by atoms with Crippen molar-refractivity contribution in [1.29, 1.82) is 0 Å². The van der Waals surface area contributed by atoms with Crippen molar-refractivity contribution in [2.45, 2.75) is 6.92 Å². The van der Waals surface area contributed by atoms with Crippen LogP contribution in [0.5, 0.6) is 0 Å². The van der Waals surface area contributed by atoms with Gasteiger partial charge in [0.2, 0.25) is 0 Å². The second-order valence-corrected chi connectivity index (χ2v) is 15.9. The van der Waals surface area contributed by atoms with Gasteiger partial charge in [-0.25, -0.2) is 9.98 Å². The fraction of sp³-hybridized carbons (Fsp3) is 0.0169.